The molecule has 0 amide bonds. The molecule has 2 aliphatic rings. The highest BCUT2D eigenvalue weighted by Gasteiger charge is 2.40. The van der Waals surface area contributed by atoms with E-state index in [-0.39, 0.29) is 5.66 Å². The van der Waals surface area contributed by atoms with E-state index in [2.05, 4.69) is 75.2 Å². The van der Waals surface area contributed by atoms with Crippen LogP contribution in [0.1, 0.15) is 41.5 Å². The summed E-state index contributed by atoms with van der Waals surface area (Å²) in [5.74, 6) is 0. The maximum Gasteiger partial charge on any atom is 0.108 e. The van der Waals surface area contributed by atoms with Gasteiger partial charge in [-0.25, -0.2) is 0 Å². The third-order valence-corrected chi connectivity index (χ3v) is 5.18. The highest BCUT2D eigenvalue weighted by molar-refractivity contribution is 5.20. The van der Waals surface area contributed by atoms with E-state index in [0.717, 1.165) is 13.3 Å². The van der Waals surface area contributed by atoms with Gasteiger partial charge in [-0.3, -0.25) is 0 Å². The van der Waals surface area contributed by atoms with Crippen LogP contribution in [0.2, 0.25) is 0 Å². The molecule has 0 saturated heterocycles. The van der Waals surface area contributed by atoms with Gasteiger partial charge >= 0.3 is 0 Å². The van der Waals surface area contributed by atoms with Gasteiger partial charge in [0.15, 0.2) is 0 Å². The van der Waals surface area contributed by atoms with Crippen LogP contribution in [0.25, 0.3) is 0 Å². The first-order chi connectivity index (χ1) is 8.67. The molecule has 0 N–H and O–H groups in total. The molecule has 2 aliphatic heterocycles. The molecule has 19 heavy (non-hydrogen) atoms. The average Bonchev–Trinajstić information content (AvgIpc) is 2.66. The average molecular weight is 264 g/mol. The maximum absolute atomic E-state index is 2.50. The zero-order chi connectivity index (χ0) is 14.5. The van der Waals surface area contributed by atoms with E-state index in [1.54, 1.807) is 0 Å². The van der Waals surface area contributed by atoms with Crippen LogP contribution < -0.4 is 0 Å². The second-order valence-corrected chi connectivity index (χ2v) is 6.34. The van der Waals surface area contributed by atoms with Crippen LogP contribution in [0.4, 0.5) is 0 Å². The van der Waals surface area contributed by atoms with Gasteiger partial charge in [-0.05, 0) is 41.5 Å². The molecule has 0 bridgehead atoms. The van der Waals surface area contributed by atoms with Gasteiger partial charge in [0.2, 0.25) is 0 Å². The van der Waals surface area contributed by atoms with Crippen molar-refractivity contribution in [3.63, 3.8) is 0 Å². The van der Waals surface area contributed by atoms with E-state index in [0.29, 0.717) is 0 Å². The largest absolute Gasteiger partial charge is 0.359 e. The van der Waals surface area contributed by atoms with Crippen molar-refractivity contribution in [2.45, 2.75) is 47.2 Å². The van der Waals surface area contributed by atoms with E-state index in [1.165, 1.54) is 22.8 Å². The molecule has 0 unspecified atom stereocenters. The molecule has 0 radical (unpaired) electrons. The second-order valence-electron chi connectivity index (χ2n) is 6.34. The Morgan fingerprint density at radius 2 is 1.47 bits per heavy atom. The van der Waals surface area contributed by atoms with Gasteiger partial charge in [0.25, 0.3) is 0 Å². The molecule has 0 atom stereocenters. The van der Waals surface area contributed by atoms with Crippen LogP contribution >= 0.6 is 0 Å². The highest BCUT2D eigenvalue weighted by Crippen LogP contribution is 2.36. The summed E-state index contributed by atoms with van der Waals surface area (Å²) in [6.07, 6.45) is 0. The van der Waals surface area contributed by atoms with Gasteiger partial charge in [0, 0.05) is 36.9 Å². The Kier molecular flexibility index (Phi) is 3.23. The quantitative estimate of drug-likeness (QED) is 0.760. The molecule has 4 heteroatoms. The minimum Gasteiger partial charge on any atom is -0.359 e. The van der Waals surface area contributed by atoms with E-state index in [1.807, 2.05) is 0 Å². The van der Waals surface area contributed by atoms with Gasteiger partial charge in [-0.2, -0.15) is 0 Å². The Bertz CT molecular complexity index is 447. The number of hydrogen-bond acceptors (Lipinski definition) is 4. The third-order valence-electron chi connectivity index (χ3n) is 5.18. The van der Waals surface area contributed by atoms with Gasteiger partial charge in [0.05, 0.1) is 13.3 Å². The summed E-state index contributed by atoms with van der Waals surface area (Å²) in [5.41, 5.74) is 5.56. The summed E-state index contributed by atoms with van der Waals surface area (Å²) in [5, 5.41) is 0. The molecule has 0 aromatic rings. The Hall–Kier alpha value is -1.32. The fourth-order valence-corrected chi connectivity index (χ4v) is 3.01. The van der Waals surface area contributed by atoms with Crippen molar-refractivity contribution in [3.8, 4) is 0 Å². The smallest absolute Gasteiger partial charge is 0.108 e. The molecule has 108 valence electrons. The fourth-order valence-electron chi connectivity index (χ4n) is 3.01. The van der Waals surface area contributed by atoms with Crippen molar-refractivity contribution in [3.05, 3.63) is 22.8 Å². The Morgan fingerprint density at radius 3 is 1.84 bits per heavy atom. The summed E-state index contributed by atoms with van der Waals surface area (Å²) in [6, 6.07) is 0. The predicted molar refractivity (Wildman–Crippen MR) is 79.8 cm³/mol. The molecular weight excluding hydrogens is 236 g/mol. The molecule has 0 aliphatic carbocycles. The lowest BCUT2D eigenvalue weighted by atomic mass is 10.2. The molecule has 0 fully saturated rings. The van der Waals surface area contributed by atoms with E-state index in [4.69, 9.17) is 0 Å². The van der Waals surface area contributed by atoms with Crippen LogP contribution in [-0.4, -0.2) is 52.7 Å². The van der Waals surface area contributed by atoms with E-state index < -0.39 is 0 Å². The first-order valence-electron chi connectivity index (χ1n) is 7.00. The molecule has 2 heterocycles. The Morgan fingerprint density at radius 1 is 0.895 bits per heavy atom. The van der Waals surface area contributed by atoms with Crippen molar-refractivity contribution >= 4 is 0 Å². The molecule has 0 saturated carbocycles. The number of hydrogen-bond donors (Lipinski definition) is 0. The van der Waals surface area contributed by atoms with E-state index >= 15 is 0 Å². The van der Waals surface area contributed by atoms with Crippen LogP contribution in [0.15, 0.2) is 22.8 Å². The fraction of sp³-hybridized carbons (Fsp3) is 0.733. The number of rotatable bonds is 2. The first-order valence-corrected chi connectivity index (χ1v) is 7.00. The third kappa shape index (κ3) is 1.97. The van der Waals surface area contributed by atoms with Crippen LogP contribution in [-0.2, 0) is 0 Å². The lowest BCUT2D eigenvalue weighted by Gasteiger charge is -2.42. The minimum atomic E-state index is 0.0452. The summed E-state index contributed by atoms with van der Waals surface area (Å²) in [6.45, 7) is 15.4. The number of nitrogens with zero attached hydrogens (tertiary/aromatic N) is 4. The van der Waals surface area contributed by atoms with Gasteiger partial charge in [-0.1, -0.05) is 0 Å². The standard InChI is InChI=1S/C15H28N4/c1-11-13(3)18(9-16(11)7)10-19-14(4)12(2)17(8)15(19,5)6/h9-10H2,1-8H3. The second kappa shape index (κ2) is 4.36. The van der Waals surface area contributed by atoms with Crippen molar-refractivity contribution in [2.75, 3.05) is 27.4 Å². The van der Waals surface area contributed by atoms with Crippen LogP contribution in [0, 0.1) is 0 Å². The van der Waals surface area contributed by atoms with E-state index in [9.17, 15) is 0 Å². The van der Waals surface area contributed by atoms with Gasteiger partial charge in [0.1, 0.15) is 5.66 Å². The first kappa shape index (κ1) is 14.1. The van der Waals surface area contributed by atoms with Crippen LogP contribution in [0.3, 0.4) is 0 Å². The Balaban J connectivity index is 2.21. The van der Waals surface area contributed by atoms with Crippen LogP contribution in [0.5, 0.6) is 0 Å². The zero-order valence-electron chi connectivity index (χ0n) is 13.7. The highest BCUT2D eigenvalue weighted by atomic mass is 15.5. The lowest BCUT2D eigenvalue weighted by Crippen LogP contribution is -2.51. The zero-order valence-corrected chi connectivity index (χ0v) is 13.7. The molecule has 4 nitrogen and oxygen atoms in total. The SMILES string of the molecule is CC1=C(C)N(CN2C(C)=C(C)N(C)C2(C)C)CN1C. The lowest BCUT2D eigenvalue weighted by molar-refractivity contribution is 0.0308. The molecule has 2 rings (SSSR count). The van der Waals surface area contributed by atoms with Gasteiger partial charge in [-0.15, -0.1) is 0 Å². The summed E-state index contributed by atoms with van der Waals surface area (Å²) >= 11 is 0. The van der Waals surface area contributed by atoms with Crippen molar-refractivity contribution in [1.29, 1.82) is 0 Å². The molecule has 0 aromatic heterocycles. The Labute approximate surface area is 117 Å². The minimum absolute atomic E-state index is 0.0452. The van der Waals surface area contributed by atoms with Gasteiger partial charge < -0.3 is 19.6 Å². The van der Waals surface area contributed by atoms with Crippen molar-refractivity contribution in [2.24, 2.45) is 0 Å². The monoisotopic (exact) mass is 264 g/mol. The van der Waals surface area contributed by atoms with Crippen molar-refractivity contribution < 1.29 is 0 Å². The summed E-state index contributed by atoms with van der Waals surface area (Å²) in [7, 11) is 4.34. The number of allylic oxidation sites excluding steroid dienone is 4. The predicted octanol–water partition coefficient (Wildman–Crippen LogP) is 2.64. The summed E-state index contributed by atoms with van der Waals surface area (Å²) in [4.78, 5) is 9.63. The molecule has 0 aromatic carbocycles. The topological polar surface area (TPSA) is 13.0 Å². The molecule has 0 spiro atoms. The van der Waals surface area contributed by atoms with Crippen molar-refractivity contribution in [1.82, 2.24) is 19.6 Å². The maximum atomic E-state index is 2.50. The molecular formula is C15H28N4. The summed E-state index contributed by atoms with van der Waals surface area (Å²) < 4.78 is 0. The normalized spacial score (nSPS) is 23.4.